The van der Waals surface area contributed by atoms with Gasteiger partial charge in [-0.2, -0.15) is 0 Å². The fourth-order valence-electron chi connectivity index (χ4n) is 2.22. The van der Waals surface area contributed by atoms with Gasteiger partial charge in [0, 0.05) is 23.5 Å². The number of rotatable bonds is 3. The second kappa shape index (κ2) is 5.20. The molecule has 0 aliphatic rings. The summed E-state index contributed by atoms with van der Waals surface area (Å²) in [6, 6.07) is 11.0. The second-order valence-electron chi connectivity index (χ2n) is 4.66. The lowest BCUT2D eigenvalue weighted by molar-refractivity contribution is 0.0695. The fourth-order valence-corrected chi connectivity index (χ4v) is 2.22. The molecule has 0 amide bonds. The van der Waals surface area contributed by atoms with E-state index in [1.165, 1.54) is 0 Å². The van der Waals surface area contributed by atoms with Crippen LogP contribution < -0.4 is 5.32 Å². The third kappa shape index (κ3) is 2.53. The van der Waals surface area contributed by atoms with Crippen LogP contribution in [0.1, 0.15) is 16.1 Å². The van der Waals surface area contributed by atoms with Gasteiger partial charge in [-0.3, -0.25) is 4.98 Å². The number of benzene rings is 1. The average molecular weight is 279 g/mol. The van der Waals surface area contributed by atoms with E-state index >= 15 is 0 Å². The number of carboxylic acid groups (broad SMARTS) is 1. The van der Waals surface area contributed by atoms with E-state index in [2.05, 4.69) is 15.3 Å². The first-order valence-corrected chi connectivity index (χ1v) is 6.46. The molecule has 104 valence electrons. The van der Waals surface area contributed by atoms with Crippen LogP contribution in [-0.2, 0) is 0 Å². The van der Waals surface area contributed by atoms with Crippen molar-refractivity contribution >= 4 is 28.2 Å². The summed E-state index contributed by atoms with van der Waals surface area (Å²) in [6.45, 7) is 1.68. The standard InChI is InChI=1S/C16H13N3O2/c1-10-12(16(20)21)5-6-15(18-10)19-14-4-2-3-11-7-8-17-9-13(11)14/h2-9H,1H3,(H,18,19)(H,20,21). The predicted molar refractivity (Wildman–Crippen MR) is 81.0 cm³/mol. The van der Waals surface area contributed by atoms with Gasteiger partial charge in [-0.15, -0.1) is 0 Å². The maximum Gasteiger partial charge on any atom is 0.337 e. The zero-order valence-corrected chi connectivity index (χ0v) is 11.4. The van der Waals surface area contributed by atoms with Crippen molar-refractivity contribution in [1.82, 2.24) is 9.97 Å². The van der Waals surface area contributed by atoms with Crippen molar-refractivity contribution in [2.45, 2.75) is 6.92 Å². The summed E-state index contributed by atoms with van der Waals surface area (Å²) < 4.78 is 0. The van der Waals surface area contributed by atoms with Gasteiger partial charge in [0.1, 0.15) is 5.82 Å². The Morgan fingerprint density at radius 1 is 1.19 bits per heavy atom. The molecule has 0 bridgehead atoms. The van der Waals surface area contributed by atoms with E-state index in [0.29, 0.717) is 11.5 Å². The van der Waals surface area contributed by atoms with Gasteiger partial charge >= 0.3 is 5.97 Å². The molecule has 0 aliphatic carbocycles. The van der Waals surface area contributed by atoms with E-state index in [1.807, 2.05) is 24.3 Å². The first kappa shape index (κ1) is 13.1. The maximum atomic E-state index is 11.0. The Hall–Kier alpha value is -2.95. The highest BCUT2D eigenvalue weighted by Gasteiger charge is 2.09. The molecule has 5 heteroatoms. The highest BCUT2D eigenvalue weighted by Crippen LogP contribution is 2.25. The topological polar surface area (TPSA) is 75.1 Å². The molecule has 21 heavy (non-hydrogen) atoms. The van der Waals surface area contributed by atoms with E-state index in [-0.39, 0.29) is 5.56 Å². The van der Waals surface area contributed by atoms with E-state index < -0.39 is 5.97 Å². The number of nitrogens with zero attached hydrogens (tertiary/aromatic N) is 2. The van der Waals surface area contributed by atoms with Crippen LogP contribution in [0.4, 0.5) is 11.5 Å². The lowest BCUT2D eigenvalue weighted by Crippen LogP contribution is -2.03. The molecular formula is C16H13N3O2. The van der Waals surface area contributed by atoms with Crippen LogP contribution >= 0.6 is 0 Å². The van der Waals surface area contributed by atoms with E-state index in [9.17, 15) is 4.79 Å². The quantitative estimate of drug-likeness (QED) is 0.768. The number of carboxylic acids is 1. The van der Waals surface area contributed by atoms with Crippen LogP contribution in [0, 0.1) is 6.92 Å². The maximum absolute atomic E-state index is 11.0. The largest absolute Gasteiger partial charge is 0.478 e. The summed E-state index contributed by atoms with van der Waals surface area (Å²) in [5.41, 5.74) is 1.57. The van der Waals surface area contributed by atoms with Crippen LogP contribution in [0.25, 0.3) is 10.8 Å². The van der Waals surface area contributed by atoms with Gasteiger partial charge in [0.15, 0.2) is 0 Å². The Bertz CT molecular complexity index is 825. The molecule has 0 spiro atoms. The summed E-state index contributed by atoms with van der Waals surface area (Å²) in [7, 11) is 0. The Balaban J connectivity index is 1.99. The number of pyridine rings is 2. The fraction of sp³-hybridized carbons (Fsp3) is 0.0625. The zero-order chi connectivity index (χ0) is 14.8. The van der Waals surface area contributed by atoms with Crippen molar-refractivity contribution in [3.05, 3.63) is 60.0 Å². The Kier molecular flexibility index (Phi) is 3.23. The third-order valence-electron chi connectivity index (χ3n) is 3.26. The van der Waals surface area contributed by atoms with Gasteiger partial charge in [0.2, 0.25) is 0 Å². The summed E-state index contributed by atoms with van der Waals surface area (Å²) >= 11 is 0. The zero-order valence-electron chi connectivity index (χ0n) is 11.4. The molecule has 1 aromatic carbocycles. The highest BCUT2D eigenvalue weighted by atomic mass is 16.4. The molecule has 0 aliphatic heterocycles. The lowest BCUT2D eigenvalue weighted by Gasteiger charge is -2.10. The van der Waals surface area contributed by atoms with Crippen LogP contribution in [-0.4, -0.2) is 21.0 Å². The Labute approximate surface area is 121 Å². The molecule has 0 fully saturated rings. The number of carbonyl (C=O) groups is 1. The number of nitrogens with one attached hydrogen (secondary N) is 1. The minimum atomic E-state index is -0.971. The molecule has 0 atom stereocenters. The normalized spacial score (nSPS) is 10.5. The van der Waals surface area contributed by atoms with Crippen molar-refractivity contribution in [1.29, 1.82) is 0 Å². The number of hydrogen-bond acceptors (Lipinski definition) is 4. The van der Waals surface area contributed by atoms with Crippen molar-refractivity contribution in [3.8, 4) is 0 Å². The first-order valence-electron chi connectivity index (χ1n) is 6.46. The number of anilines is 2. The van der Waals surface area contributed by atoms with Gasteiger partial charge in [-0.05, 0) is 36.6 Å². The number of aromatic nitrogens is 2. The second-order valence-corrected chi connectivity index (χ2v) is 4.66. The SMILES string of the molecule is Cc1nc(Nc2cccc3ccncc23)ccc1C(=O)O. The lowest BCUT2D eigenvalue weighted by atomic mass is 10.1. The molecule has 0 saturated carbocycles. The van der Waals surface area contributed by atoms with Gasteiger partial charge in [-0.1, -0.05) is 12.1 Å². The van der Waals surface area contributed by atoms with E-state index in [4.69, 9.17) is 5.11 Å². The summed E-state index contributed by atoms with van der Waals surface area (Å²) in [5.74, 6) is -0.366. The summed E-state index contributed by atoms with van der Waals surface area (Å²) in [4.78, 5) is 19.4. The van der Waals surface area contributed by atoms with E-state index in [0.717, 1.165) is 16.5 Å². The molecule has 2 N–H and O–H groups in total. The highest BCUT2D eigenvalue weighted by molar-refractivity contribution is 5.94. The number of aryl methyl sites for hydroxylation is 1. The third-order valence-corrected chi connectivity index (χ3v) is 3.26. The minimum Gasteiger partial charge on any atom is -0.478 e. The molecule has 2 heterocycles. The first-order chi connectivity index (χ1) is 10.1. The van der Waals surface area contributed by atoms with Gasteiger partial charge < -0.3 is 10.4 Å². The average Bonchev–Trinajstić information content (AvgIpc) is 2.47. The Morgan fingerprint density at radius 3 is 2.81 bits per heavy atom. The van der Waals surface area contributed by atoms with Gasteiger partial charge in [-0.25, -0.2) is 9.78 Å². The van der Waals surface area contributed by atoms with Crippen molar-refractivity contribution in [2.24, 2.45) is 0 Å². The minimum absolute atomic E-state index is 0.208. The molecule has 0 saturated heterocycles. The molecule has 0 unspecified atom stereocenters. The summed E-state index contributed by atoms with van der Waals surface area (Å²) in [6.07, 6.45) is 3.53. The van der Waals surface area contributed by atoms with E-state index in [1.54, 1.807) is 31.5 Å². The predicted octanol–water partition coefficient (Wildman–Crippen LogP) is 3.38. The number of fused-ring (bicyclic) bond motifs is 1. The van der Waals surface area contributed by atoms with Crippen LogP contribution in [0.5, 0.6) is 0 Å². The van der Waals surface area contributed by atoms with Crippen LogP contribution in [0.3, 0.4) is 0 Å². The monoisotopic (exact) mass is 279 g/mol. The van der Waals surface area contributed by atoms with Crippen molar-refractivity contribution < 1.29 is 9.90 Å². The van der Waals surface area contributed by atoms with Gasteiger partial charge in [0.25, 0.3) is 0 Å². The Morgan fingerprint density at radius 2 is 2.05 bits per heavy atom. The van der Waals surface area contributed by atoms with Crippen LogP contribution in [0.15, 0.2) is 48.8 Å². The molecule has 0 radical (unpaired) electrons. The molecule has 5 nitrogen and oxygen atoms in total. The van der Waals surface area contributed by atoms with Gasteiger partial charge in [0.05, 0.1) is 11.3 Å². The van der Waals surface area contributed by atoms with Crippen molar-refractivity contribution in [2.75, 3.05) is 5.32 Å². The summed E-state index contributed by atoms with van der Waals surface area (Å²) in [5, 5.41) is 14.3. The number of aromatic carboxylic acids is 1. The van der Waals surface area contributed by atoms with Crippen molar-refractivity contribution in [3.63, 3.8) is 0 Å². The number of hydrogen-bond donors (Lipinski definition) is 2. The molecule has 3 rings (SSSR count). The smallest absolute Gasteiger partial charge is 0.337 e. The van der Waals surface area contributed by atoms with Crippen LogP contribution in [0.2, 0.25) is 0 Å². The molecule has 3 aromatic rings. The molecule has 2 aromatic heterocycles. The molecular weight excluding hydrogens is 266 g/mol.